The van der Waals surface area contributed by atoms with Crippen LogP contribution < -0.4 is 16.8 Å². The smallest absolute Gasteiger partial charge is 0.269 e. The molecule has 8 heteroatoms. The first kappa shape index (κ1) is 21.5. The largest absolute Gasteiger partial charge is 0.395 e. The Kier molecular flexibility index (Phi) is 5.94. The number of nitrogens with one attached hydrogen (secondary N) is 1. The molecule has 1 aliphatic carbocycles. The van der Waals surface area contributed by atoms with Gasteiger partial charge in [0.15, 0.2) is 5.69 Å². The van der Waals surface area contributed by atoms with E-state index in [4.69, 9.17) is 11.5 Å². The van der Waals surface area contributed by atoms with E-state index in [1.54, 1.807) is 25.1 Å². The van der Waals surface area contributed by atoms with Crippen molar-refractivity contribution in [2.45, 2.75) is 45.1 Å². The highest BCUT2D eigenvalue weighted by molar-refractivity contribution is 5.97. The molecular weight excluding hydrogens is 409 g/mol. The Labute approximate surface area is 185 Å². The highest BCUT2D eigenvalue weighted by Gasteiger charge is 2.28. The molecule has 0 bridgehead atoms. The molecule has 2 aromatic carbocycles. The van der Waals surface area contributed by atoms with E-state index in [1.165, 1.54) is 16.8 Å². The van der Waals surface area contributed by atoms with E-state index in [0.29, 0.717) is 22.5 Å². The van der Waals surface area contributed by atoms with Crippen LogP contribution >= 0.6 is 0 Å². The summed E-state index contributed by atoms with van der Waals surface area (Å²) in [6, 6.07) is 11.4. The summed E-state index contributed by atoms with van der Waals surface area (Å²) in [5, 5.41) is 7.43. The molecule has 7 nitrogen and oxygen atoms in total. The molecule has 0 saturated heterocycles. The number of hydrogen-bond acceptors (Lipinski definition) is 4. The molecule has 4 rings (SSSR count). The first-order valence-corrected chi connectivity index (χ1v) is 10.7. The van der Waals surface area contributed by atoms with Crippen molar-refractivity contribution >= 4 is 17.5 Å². The molecule has 5 N–H and O–H groups in total. The Bertz CT molecular complexity index is 1160. The number of anilines is 1. The molecule has 166 valence electrons. The van der Waals surface area contributed by atoms with Gasteiger partial charge in [-0.2, -0.15) is 5.10 Å². The number of benzene rings is 2. The van der Waals surface area contributed by atoms with Gasteiger partial charge in [0.2, 0.25) is 0 Å². The Balaban J connectivity index is 1.52. The van der Waals surface area contributed by atoms with Gasteiger partial charge < -0.3 is 16.8 Å². The van der Waals surface area contributed by atoms with Gasteiger partial charge in [-0.1, -0.05) is 31.0 Å². The van der Waals surface area contributed by atoms with Crippen LogP contribution in [0, 0.1) is 12.7 Å². The lowest BCUT2D eigenvalue weighted by Crippen LogP contribution is -2.23. The quantitative estimate of drug-likeness (QED) is 0.549. The number of nitrogens with zero attached hydrogens (tertiary/aromatic N) is 2. The topological polar surface area (TPSA) is 116 Å². The number of hydrogen-bond donors (Lipinski definition) is 3. The highest BCUT2D eigenvalue weighted by Crippen LogP contribution is 2.37. The maximum atomic E-state index is 13.5. The molecule has 0 aliphatic heterocycles. The predicted octanol–water partition coefficient (Wildman–Crippen LogP) is 3.59. The van der Waals surface area contributed by atoms with Gasteiger partial charge in [0.25, 0.3) is 11.8 Å². The second-order valence-corrected chi connectivity index (χ2v) is 8.21. The van der Waals surface area contributed by atoms with E-state index in [2.05, 4.69) is 10.4 Å². The molecule has 1 aromatic heterocycles. The van der Waals surface area contributed by atoms with Crippen molar-refractivity contribution in [2.75, 3.05) is 5.73 Å². The Hall–Kier alpha value is -3.68. The summed E-state index contributed by atoms with van der Waals surface area (Å²) in [5.41, 5.74) is 15.6. The molecule has 1 heterocycles. The average molecular weight is 436 g/mol. The van der Waals surface area contributed by atoms with Crippen LogP contribution in [0.15, 0.2) is 42.5 Å². The van der Waals surface area contributed by atoms with Crippen molar-refractivity contribution in [3.8, 4) is 5.69 Å². The molecule has 0 atom stereocenters. The van der Waals surface area contributed by atoms with Gasteiger partial charge in [-0.15, -0.1) is 0 Å². The summed E-state index contributed by atoms with van der Waals surface area (Å²) in [6.45, 7) is 2.03. The predicted molar refractivity (Wildman–Crippen MR) is 120 cm³/mol. The lowest BCUT2D eigenvalue weighted by molar-refractivity contribution is 0.0948. The Morgan fingerprint density at radius 2 is 1.84 bits per heavy atom. The zero-order valence-electron chi connectivity index (χ0n) is 17.9. The summed E-state index contributed by atoms with van der Waals surface area (Å²) in [7, 11) is 0. The van der Waals surface area contributed by atoms with Crippen LogP contribution in [0.1, 0.15) is 69.3 Å². The van der Waals surface area contributed by atoms with Crippen LogP contribution in [0.3, 0.4) is 0 Å². The van der Waals surface area contributed by atoms with E-state index >= 15 is 0 Å². The fraction of sp³-hybridized carbons (Fsp3) is 0.292. The van der Waals surface area contributed by atoms with Gasteiger partial charge >= 0.3 is 0 Å². The number of nitrogens with two attached hydrogens (primary N) is 2. The molecule has 1 aliphatic rings. The van der Waals surface area contributed by atoms with E-state index in [-0.39, 0.29) is 24.1 Å². The Morgan fingerprint density at radius 1 is 1.16 bits per heavy atom. The molecule has 0 unspecified atom stereocenters. The maximum absolute atomic E-state index is 13.5. The van der Waals surface area contributed by atoms with Crippen LogP contribution in [0.25, 0.3) is 5.69 Å². The second kappa shape index (κ2) is 8.82. The van der Waals surface area contributed by atoms with E-state index in [9.17, 15) is 14.0 Å². The number of halogens is 1. The number of rotatable bonds is 6. The molecule has 3 aromatic rings. The van der Waals surface area contributed by atoms with Crippen molar-refractivity contribution in [3.05, 3.63) is 76.4 Å². The lowest BCUT2D eigenvalue weighted by atomic mass is 10.0. The van der Waals surface area contributed by atoms with Crippen molar-refractivity contribution in [3.63, 3.8) is 0 Å². The third kappa shape index (κ3) is 4.21. The third-order valence-electron chi connectivity index (χ3n) is 6.00. The highest BCUT2D eigenvalue weighted by atomic mass is 19.1. The summed E-state index contributed by atoms with van der Waals surface area (Å²) in [4.78, 5) is 24.5. The fourth-order valence-electron chi connectivity index (χ4n) is 4.24. The zero-order valence-corrected chi connectivity index (χ0v) is 17.9. The monoisotopic (exact) mass is 435 g/mol. The lowest BCUT2D eigenvalue weighted by Gasteiger charge is -2.10. The van der Waals surface area contributed by atoms with Crippen molar-refractivity contribution in [1.82, 2.24) is 15.1 Å². The van der Waals surface area contributed by atoms with Gasteiger partial charge in [-0.25, -0.2) is 9.07 Å². The van der Waals surface area contributed by atoms with Gasteiger partial charge in [0.05, 0.1) is 17.1 Å². The number of carbonyl (C=O) groups is 2. The first-order chi connectivity index (χ1) is 15.3. The number of carbonyl (C=O) groups excluding carboxylic acids is 2. The third-order valence-corrected chi connectivity index (χ3v) is 6.00. The van der Waals surface area contributed by atoms with Gasteiger partial charge in [0, 0.05) is 18.0 Å². The molecule has 32 heavy (non-hydrogen) atoms. The fourth-order valence-corrected chi connectivity index (χ4v) is 4.24. The van der Waals surface area contributed by atoms with Crippen molar-refractivity contribution < 1.29 is 14.0 Å². The molecule has 0 radical (unpaired) electrons. The van der Waals surface area contributed by atoms with Crippen LogP contribution in [0.5, 0.6) is 0 Å². The summed E-state index contributed by atoms with van der Waals surface area (Å²) >= 11 is 0. The summed E-state index contributed by atoms with van der Waals surface area (Å²) in [5.74, 6) is -1.18. The molecular formula is C24H26FN5O2. The minimum atomic E-state index is -0.624. The van der Waals surface area contributed by atoms with Gasteiger partial charge in [-0.05, 0) is 55.2 Å². The summed E-state index contributed by atoms with van der Waals surface area (Å²) in [6.07, 6.45) is 4.25. The van der Waals surface area contributed by atoms with Crippen LogP contribution in [-0.4, -0.2) is 21.6 Å². The number of aromatic nitrogens is 2. The minimum absolute atomic E-state index is 0.189. The normalized spacial score (nSPS) is 13.9. The van der Waals surface area contributed by atoms with E-state index in [0.717, 1.165) is 36.9 Å². The SMILES string of the molecule is Cc1ccc(F)cc1C(=O)NCc1ccc(-n2nc(C3CCCC3)c(N)c2C(N)=O)cc1. The van der Waals surface area contributed by atoms with Gasteiger partial charge in [0.1, 0.15) is 5.82 Å². The molecule has 2 amide bonds. The minimum Gasteiger partial charge on any atom is -0.395 e. The molecule has 0 spiro atoms. The number of nitrogen functional groups attached to an aromatic ring is 1. The first-order valence-electron chi connectivity index (χ1n) is 10.7. The maximum Gasteiger partial charge on any atom is 0.269 e. The molecule has 1 fully saturated rings. The Morgan fingerprint density at radius 3 is 2.50 bits per heavy atom. The van der Waals surface area contributed by atoms with Crippen LogP contribution in [-0.2, 0) is 6.54 Å². The second-order valence-electron chi connectivity index (χ2n) is 8.21. The van der Waals surface area contributed by atoms with Crippen molar-refractivity contribution in [2.24, 2.45) is 5.73 Å². The van der Waals surface area contributed by atoms with E-state index < -0.39 is 11.7 Å². The number of aryl methyl sites for hydroxylation is 1. The standard InChI is InChI=1S/C24H26FN5O2/c1-14-6-9-17(25)12-19(14)24(32)28-13-15-7-10-18(11-8-15)30-22(23(27)31)20(26)21(29-30)16-4-2-3-5-16/h6-12,16H,2-5,13,26H2,1H3,(H2,27,31)(H,28,32). The van der Waals surface area contributed by atoms with Crippen LogP contribution in [0.4, 0.5) is 10.1 Å². The van der Waals surface area contributed by atoms with Crippen LogP contribution in [0.2, 0.25) is 0 Å². The van der Waals surface area contributed by atoms with Gasteiger partial charge in [-0.3, -0.25) is 9.59 Å². The average Bonchev–Trinajstić information content (AvgIpc) is 3.42. The zero-order chi connectivity index (χ0) is 22.8. The van der Waals surface area contributed by atoms with E-state index in [1.807, 2.05) is 12.1 Å². The summed E-state index contributed by atoms with van der Waals surface area (Å²) < 4.78 is 15.0. The number of primary amides is 1. The number of amides is 2. The van der Waals surface area contributed by atoms with Crippen molar-refractivity contribution in [1.29, 1.82) is 0 Å². The molecule has 1 saturated carbocycles.